The van der Waals surface area contributed by atoms with Gasteiger partial charge in [0.05, 0.1) is 0 Å². The highest BCUT2D eigenvalue weighted by Gasteiger charge is 2.27. The molecule has 0 fully saturated rings. The number of carbonyl (C=O) groups is 4. The Morgan fingerprint density at radius 1 is 1.00 bits per heavy atom. The number of amides is 3. The number of carboxylic acid groups (broad SMARTS) is 1. The van der Waals surface area contributed by atoms with E-state index in [2.05, 4.69) is 21.5 Å². The molecular weight excluding hydrogens is 404 g/mol. The Morgan fingerprint density at radius 2 is 1.58 bits per heavy atom. The summed E-state index contributed by atoms with van der Waals surface area (Å²) in [6.45, 7) is 14.1. The fourth-order valence-electron chi connectivity index (χ4n) is 2.34. The quantitative estimate of drug-likeness (QED) is 0.243. The van der Waals surface area contributed by atoms with Crippen molar-refractivity contribution in [2.45, 2.75) is 85.9 Å². The second-order valence-electron chi connectivity index (χ2n) is 9.11. The van der Waals surface area contributed by atoms with Crippen LogP contribution in [0.3, 0.4) is 0 Å². The zero-order chi connectivity index (χ0) is 24.4. The summed E-state index contributed by atoms with van der Waals surface area (Å²) in [5.74, 6) is -2.27. The largest absolute Gasteiger partial charge is 0.477 e. The standard InChI is InChI=1S/C21H38N4O6/c1-12(2)10-9-11-15(19(28)29)23-17(26)14(5)22-18(27)16(13(3)4)24-25-20(30)31-21(6,7)8/h11-14,16,24H,9-10H2,1-8H3,(H,22,27)(H,23,26)(H,25,30)(H,28,29)/t14-,16-/m0/s1. The summed E-state index contributed by atoms with van der Waals surface area (Å²) >= 11 is 0. The van der Waals surface area contributed by atoms with Gasteiger partial charge in [-0.1, -0.05) is 33.8 Å². The van der Waals surface area contributed by atoms with Gasteiger partial charge >= 0.3 is 12.1 Å². The van der Waals surface area contributed by atoms with Crippen molar-refractivity contribution in [1.29, 1.82) is 0 Å². The summed E-state index contributed by atoms with van der Waals surface area (Å²) < 4.78 is 5.11. The van der Waals surface area contributed by atoms with Crippen LogP contribution in [0, 0.1) is 11.8 Å². The van der Waals surface area contributed by atoms with Crippen molar-refractivity contribution in [1.82, 2.24) is 21.5 Å². The molecule has 178 valence electrons. The Morgan fingerprint density at radius 3 is 2.03 bits per heavy atom. The second-order valence-corrected chi connectivity index (χ2v) is 9.11. The number of carboxylic acids is 1. The first-order chi connectivity index (χ1) is 14.1. The Labute approximate surface area is 184 Å². The molecule has 0 aliphatic carbocycles. The van der Waals surface area contributed by atoms with E-state index in [1.165, 1.54) is 13.0 Å². The lowest BCUT2D eigenvalue weighted by molar-refractivity contribution is -0.135. The SMILES string of the molecule is CC(C)CCC=C(NC(=O)[C@H](C)NC(=O)[C@@H](NNC(=O)OC(C)(C)C)C(C)C)C(=O)O. The molecule has 0 aromatic heterocycles. The summed E-state index contributed by atoms with van der Waals surface area (Å²) in [7, 11) is 0. The minimum Gasteiger partial charge on any atom is -0.477 e. The molecule has 3 amide bonds. The van der Waals surface area contributed by atoms with Crippen molar-refractivity contribution < 1.29 is 29.0 Å². The minimum atomic E-state index is -1.25. The maximum Gasteiger partial charge on any atom is 0.422 e. The first-order valence-electron chi connectivity index (χ1n) is 10.4. The average molecular weight is 443 g/mol. The van der Waals surface area contributed by atoms with Crippen molar-refractivity contribution in [3.05, 3.63) is 11.8 Å². The van der Waals surface area contributed by atoms with Gasteiger partial charge in [-0.3, -0.25) is 15.0 Å². The topological polar surface area (TPSA) is 146 Å². The Hall–Kier alpha value is -2.62. The molecule has 10 nitrogen and oxygen atoms in total. The van der Waals surface area contributed by atoms with Crippen molar-refractivity contribution in [2.24, 2.45) is 11.8 Å². The number of allylic oxidation sites excluding steroid dienone is 1. The fraction of sp³-hybridized carbons (Fsp3) is 0.714. The van der Waals surface area contributed by atoms with Crippen molar-refractivity contribution >= 4 is 23.9 Å². The minimum absolute atomic E-state index is 0.225. The number of hydrazine groups is 1. The van der Waals surface area contributed by atoms with Gasteiger partial charge < -0.3 is 20.5 Å². The molecular formula is C21H38N4O6. The Balaban J connectivity index is 4.93. The van der Waals surface area contributed by atoms with Gasteiger partial charge in [0, 0.05) is 0 Å². The summed E-state index contributed by atoms with van der Waals surface area (Å²) in [5, 5.41) is 14.1. The van der Waals surface area contributed by atoms with Gasteiger partial charge in [-0.25, -0.2) is 15.0 Å². The number of hydrogen-bond donors (Lipinski definition) is 5. The molecule has 0 radical (unpaired) electrons. The van der Waals surface area contributed by atoms with Crippen LogP contribution >= 0.6 is 0 Å². The highest BCUT2D eigenvalue weighted by Crippen LogP contribution is 2.08. The molecule has 0 aliphatic heterocycles. The van der Waals surface area contributed by atoms with Crippen LogP contribution in [0.5, 0.6) is 0 Å². The monoisotopic (exact) mass is 442 g/mol. The highest BCUT2D eigenvalue weighted by atomic mass is 16.6. The molecule has 0 aliphatic rings. The van der Waals surface area contributed by atoms with Gasteiger partial charge in [0.2, 0.25) is 11.8 Å². The first-order valence-corrected chi connectivity index (χ1v) is 10.4. The molecule has 10 heteroatoms. The number of carbonyl (C=O) groups excluding carboxylic acids is 3. The molecule has 0 unspecified atom stereocenters. The molecule has 0 spiro atoms. The lowest BCUT2D eigenvalue weighted by atomic mass is 10.0. The number of rotatable bonds is 11. The van der Waals surface area contributed by atoms with Gasteiger partial charge in [0.25, 0.3) is 0 Å². The van der Waals surface area contributed by atoms with E-state index in [-0.39, 0.29) is 11.6 Å². The van der Waals surface area contributed by atoms with Crippen molar-refractivity contribution in [2.75, 3.05) is 0 Å². The van der Waals surface area contributed by atoms with Gasteiger partial charge in [0.15, 0.2) is 0 Å². The van der Waals surface area contributed by atoms with Crippen LogP contribution in [-0.2, 0) is 19.1 Å². The van der Waals surface area contributed by atoms with E-state index in [1.54, 1.807) is 34.6 Å². The zero-order valence-electron chi connectivity index (χ0n) is 19.8. The third-order valence-corrected chi connectivity index (χ3v) is 4.01. The molecule has 0 heterocycles. The van der Waals surface area contributed by atoms with Crippen molar-refractivity contribution in [3.63, 3.8) is 0 Å². The number of aliphatic carboxylic acids is 1. The predicted octanol–water partition coefficient (Wildman–Crippen LogP) is 2.07. The molecule has 0 saturated heterocycles. The first kappa shape index (κ1) is 28.4. The van der Waals surface area contributed by atoms with Crippen LogP contribution < -0.4 is 21.5 Å². The van der Waals surface area contributed by atoms with Crippen LogP contribution in [0.1, 0.15) is 68.2 Å². The fourth-order valence-corrected chi connectivity index (χ4v) is 2.34. The van der Waals surface area contributed by atoms with Crippen LogP contribution in [0.4, 0.5) is 4.79 Å². The van der Waals surface area contributed by atoms with Gasteiger partial charge in [-0.05, 0) is 52.4 Å². The number of nitrogens with one attached hydrogen (secondary N) is 4. The third-order valence-electron chi connectivity index (χ3n) is 4.01. The smallest absolute Gasteiger partial charge is 0.422 e. The summed E-state index contributed by atoms with van der Waals surface area (Å²) in [6.07, 6.45) is 2.01. The lowest BCUT2D eigenvalue weighted by Gasteiger charge is -2.25. The van der Waals surface area contributed by atoms with Crippen LogP contribution in [0.15, 0.2) is 11.8 Å². The lowest BCUT2D eigenvalue weighted by Crippen LogP contribution is -2.57. The van der Waals surface area contributed by atoms with E-state index < -0.39 is 41.6 Å². The molecule has 2 atom stereocenters. The zero-order valence-corrected chi connectivity index (χ0v) is 19.8. The second kappa shape index (κ2) is 12.9. The molecule has 0 rings (SSSR count). The van der Waals surface area contributed by atoms with E-state index >= 15 is 0 Å². The van der Waals surface area contributed by atoms with Gasteiger partial charge in [0.1, 0.15) is 23.4 Å². The summed E-state index contributed by atoms with van der Waals surface area (Å²) in [5.41, 5.74) is 4.01. The van der Waals surface area contributed by atoms with E-state index in [1.807, 2.05) is 13.8 Å². The van der Waals surface area contributed by atoms with Crippen LogP contribution in [0.2, 0.25) is 0 Å². The van der Waals surface area contributed by atoms with E-state index in [0.717, 1.165) is 6.42 Å². The highest BCUT2D eigenvalue weighted by molar-refractivity contribution is 5.96. The number of ether oxygens (including phenoxy) is 1. The number of hydrogen-bond acceptors (Lipinski definition) is 6. The normalized spacial score (nSPS) is 14.1. The van der Waals surface area contributed by atoms with E-state index in [4.69, 9.17) is 4.74 Å². The molecule has 5 N–H and O–H groups in total. The third kappa shape index (κ3) is 12.6. The molecule has 0 aromatic rings. The van der Waals surface area contributed by atoms with Crippen LogP contribution in [-0.4, -0.2) is 46.7 Å². The van der Waals surface area contributed by atoms with Gasteiger partial charge in [-0.15, -0.1) is 0 Å². The molecule has 0 saturated carbocycles. The van der Waals surface area contributed by atoms with Gasteiger partial charge in [-0.2, -0.15) is 0 Å². The van der Waals surface area contributed by atoms with Crippen LogP contribution in [0.25, 0.3) is 0 Å². The van der Waals surface area contributed by atoms with E-state index in [0.29, 0.717) is 12.3 Å². The summed E-state index contributed by atoms with van der Waals surface area (Å²) in [6, 6.07) is -1.84. The maximum absolute atomic E-state index is 12.6. The Bertz CT molecular complexity index is 667. The molecule has 31 heavy (non-hydrogen) atoms. The van der Waals surface area contributed by atoms with E-state index in [9.17, 15) is 24.3 Å². The average Bonchev–Trinajstić information content (AvgIpc) is 2.58. The molecule has 0 bridgehead atoms. The summed E-state index contributed by atoms with van der Waals surface area (Å²) in [4.78, 5) is 48.1. The molecule has 0 aromatic carbocycles. The van der Waals surface area contributed by atoms with Crippen molar-refractivity contribution in [3.8, 4) is 0 Å². The Kier molecular flexibility index (Phi) is 11.8. The predicted molar refractivity (Wildman–Crippen MR) is 117 cm³/mol. The maximum atomic E-state index is 12.6.